The van der Waals surface area contributed by atoms with Crippen molar-refractivity contribution in [1.82, 2.24) is 34.7 Å². The van der Waals surface area contributed by atoms with Crippen molar-refractivity contribution in [3.8, 4) is 10.6 Å². The first-order valence-corrected chi connectivity index (χ1v) is 12.2. The fourth-order valence-corrected chi connectivity index (χ4v) is 5.01. The number of nitrogens with zero attached hydrogens (tertiary/aromatic N) is 8. The van der Waals surface area contributed by atoms with Gasteiger partial charge < -0.3 is 9.64 Å². The van der Waals surface area contributed by atoms with Crippen LogP contribution in [0, 0.1) is 20.8 Å². The van der Waals surface area contributed by atoms with Gasteiger partial charge in [0.1, 0.15) is 17.3 Å². The van der Waals surface area contributed by atoms with E-state index in [1.54, 1.807) is 11.3 Å². The predicted octanol–water partition coefficient (Wildman–Crippen LogP) is 3.97. The molecule has 0 unspecified atom stereocenters. The molecule has 1 aliphatic heterocycles. The maximum atomic E-state index is 6.29. The van der Waals surface area contributed by atoms with E-state index in [1.165, 1.54) is 12.8 Å². The lowest BCUT2D eigenvalue weighted by Crippen LogP contribution is -2.43. The lowest BCUT2D eigenvalue weighted by atomic mass is 10.1. The van der Waals surface area contributed by atoms with Gasteiger partial charge in [-0.05, 0) is 40.5 Å². The predicted molar refractivity (Wildman–Crippen MR) is 126 cm³/mol. The zero-order valence-corrected chi connectivity index (χ0v) is 20.0. The lowest BCUT2D eigenvalue weighted by molar-refractivity contribution is -0.0178. The Kier molecular flexibility index (Phi) is 4.88. The summed E-state index contributed by atoms with van der Waals surface area (Å²) in [5, 5.41) is 5.54. The van der Waals surface area contributed by atoms with E-state index < -0.39 is 0 Å². The maximum Gasteiger partial charge on any atom is 0.228 e. The van der Waals surface area contributed by atoms with E-state index in [4.69, 9.17) is 24.7 Å². The molecule has 0 aromatic carbocycles. The molecule has 0 bridgehead atoms. The number of fused-ring (bicyclic) bond motifs is 1. The van der Waals surface area contributed by atoms with Crippen molar-refractivity contribution in [3.63, 3.8) is 0 Å². The second-order valence-corrected chi connectivity index (χ2v) is 10.2. The van der Waals surface area contributed by atoms with E-state index in [2.05, 4.69) is 32.8 Å². The number of thiazole rings is 1. The lowest BCUT2D eigenvalue weighted by Gasteiger charge is -2.36. The Hall–Kier alpha value is -2.98. The summed E-state index contributed by atoms with van der Waals surface area (Å²) in [5.74, 6) is 0.649. The first kappa shape index (κ1) is 20.6. The third-order valence-corrected chi connectivity index (χ3v) is 7.16. The van der Waals surface area contributed by atoms with Crippen molar-refractivity contribution in [3.05, 3.63) is 40.5 Å². The van der Waals surface area contributed by atoms with E-state index in [0.717, 1.165) is 32.5 Å². The first-order valence-electron chi connectivity index (χ1n) is 11.3. The zero-order chi connectivity index (χ0) is 22.7. The summed E-state index contributed by atoms with van der Waals surface area (Å²) in [6, 6.07) is 0.551. The second kappa shape index (κ2) is 7.81. The molecular formula is C23H26N8OS. The number of morpholine rings is 1. The summed E-state index contributed by atoms with van der Waals surface area (Å²) in [5.41, 5.74) is 4.97. The number of hydrogen-bond donors (Lipinski definition) is 0. The van der Waals surface area contributed by atoms with Gasteiger partial charge in [0.15, 0.2) is 5.65 Å². The standard InChI is InChI=1S/C23H26N8OS/c1-12-9-30(11-18(32-12)16-7-25-31(10-16)17-5-6-17)23-28-20(19-8-24-15(4)33-19)21-22(29-23)27-14(3)13(2)26-21/h7-8,10,12,17-18H,5-6,9,11H2,1-4H3/t12-,18-/m0/s1. The minimum atomic E-state index is -0.0829. The summed E-state index contributed by atoms with van der Waals surface area (Å²) in [7, 11) is 0. The molecule has 0 amide bonds. The van der Waals surface area contributed by atoms with Gasteiger partial charge in [-0.2, -0.15) is 10.1 Å². The molecule has 170 valence electrons. The number of rotatable bonds is 4. The fourth-order valence-electron chi connectivity index (χ4n) is 4.24. The van der Waals surface area contributed by atoms with Gasteiger partial charge in [0.05, 0.1) is 46.2 Å². The van der Waals surface area contributed by atoms with E-state index in [-0.39, 0.29) is 12.2 Å². The zero-order valence-electron chi connectivity index (χ0n) is 19.2. The highest BCUT2D eigenvalue weighted by atomic mass is 32.1. The van der Waals surface area contributed by atoms with Crippen LogP contribution in [-0.4, -0.2) is 53.9 Å². The first-order chi connectivity index (χ1) is 15.9. The molecule has 4 aromatic heterocycles. The van der Waals surface area contributed by atoms with E-state index in [0.29, 0.717) is 36.2 Å². The second-order valence-electron chi connectivity index (χ2n) is 9.01. The van der Waals surface area contributed by atoms with Gasteiger partial charge in [-0.15, -0.1) is 11.3 Å². The van der Waals surface area contributed by atoms with E-state index in [1.807, 2.05) is 33.2 Å². The summed E-state index contributed by atoms with van der Waals surface area (Å²) in [6.07, 6.45) is 8.29. The monoisotopic (exact) mass is 462 g/mol. The molecular weight excluding hydrogens is 436 g/mol. The van der Waals surface area contributed by atoms with Crippen molar-refractivity contribution < 1.29 is 4.74 Å². The van der Waals surface area contributed by atoms with Gasteiger partial charge in [0, 0.05) is 24.5 Å². The average Bonchev–Trinajstić information content (AvgIpc) is 3.35. The van der Waals surface area contributed by atoms with Crippen LogP contribution in [0.5, 0.6) is 0 Å². The molecule has 2 fully saturated rings. The molecule has 6 rings (SSSR count). The van der Waals surface area contributed by atoms with Crippen LogP contribution in [0.4, 0.5) is 5.95 Å². The Morgan fingerprint density at radius 3 is 2.58 bits per heavy atom. The molecule has 1 aliphatic carbocycles. The highest BCUT2D eigenvalue weighted by Gasteiger charge is 2.31. The Bertz CT molecular complexity index is 1340. The normalized spacial score (nSPS) is 21.2. The van der Waals surface area contributed by atoms with Crippen LogP contribution in [0.15, 0.2) is 18.6 Å². The number of ether oxygens (including phenoxy) is 1. The van der Waals surface area contributed by atoms with Crippen molar-refractivity contribution in [2.24, 2.45) is 0 Å². The largest absolute Gasteiger partial charge is 0.367 e. The molecule has 2 atom stereocenters. The molecule has 0 N–H and O–H groups in total. The Balaban J connectivity index is 1.41. The summed E-state index contributed by atoms with van der Waals surface area (Å²) in [4.78, 5) is 27.0. The highest BCUT2D eigenvalue weighted by Crippen LogP contribution is 2.36. The van der Waals surface area contributed by atoms with Crippen molar-refractivity contribution in [1.29, 1.82) is 0 Å². The van der Waals surface area contributed by atoms with Crippen LogP contribution in [0.25, 0.3) is 21.7 Å². The minimum absolute atomic E-state index is 0.0345. The average molecular weight is 463 g/mol. The Labute approximate surface area is 195 Å². The Morgan fingerprint density at radius 2 is 1.82 bits per heavy atom. The number of aromatic nitrogens is 7. The third-order valence-electron chi connectivity index (χ3n) is 6.24. The van der Waals surface area contributed by atoms with Gasteiger partial charge in [-0.1, -0.05) is 0 Å². The molecule has 5 heterocycles. The topological polar surface area (TPSA) is 94.7 Å². The molecule has 2 aliphatic rings. The molecule has 33 heavy (non-hydrogen) atoms. The maximum absolute atomic E-state index is 6.29. The number of hydrogen-bond acceptors (Lipinski definition) is 9. The van der Waals surface area contributed by atoms with Crippen LogP contribution < -0.4 is 4.90 Å². The van der Waals surface area contributed by atoms with Gasteiger partial charge in [-0.3, -0.25) is 4.68 Å². The van der Waals surface area contributed by atoms with E-state index >= 15 is 0 Å². The minimum Gasteiger partial charge on any atom is -0.367 e. The van der Waals surface area contributed by atoms with Crippen molar-refractivity contribution in [2.75, 3.05) is 18.0 Å². The van der Waals surface area contributed by atoms with Crippen molar-refractivity contribution >= 4 is 28.4 Å². The number of anilines is 1. The molecule has 1 saturated carbocycles. The highest BCUT2D eigenvalue weighted by molar-refractivity contribution is 7.15. The Morgan fingerprint density at radius 1 is 1.00 bits per heavy atom. The van der Waals surface area contributed by atoms with Gasteiger partial charge in [0.2, 0.25) is 5.95 Å². The van der Waals surface area contributed by atoms with Crippen LogP contribution in [0.1, 0.15) is 53.9 Å². The van der Waals surface area contributed by atoms with Gasteiger partial charge >= 0.3 is 0 Å². The smallest absolute Gasteiger partial charge is 0.228 e. The third kappa shape index (κ3) is 3.87. The fraction of sp³-hybridized carbons (Fsp3) is 0.478. The van der Waals surface area contributed by atoms with Crippen LogP contribution >= 0.6 is 11.3 Å². The van der Waals surface area contributed by atoms with Crippen LogP contribution in [0.3, 0.4) is 0 Å². The van der Waals surface area contributed by atoms with Crippen molar-refractivity contribution in [2.45, 2.75) is 58.8 Å². The quantitative estimate of drug-likeness (QED) is 0.450. The summed E-state index contributed by atoms with van der Waals surface area (Å²) < 4.78 is 8.36. The van der Waals surface area contributed by atoms with Gasteiger partial charge in [0.25, 0.3) is 0 Å². The molecule has 1 saturated heterocycles. The molecule has 9 nitrogen and oxygen atoms in total. The van der Waals surface area contributed by atoms with Crippen LogP contribution in [-0.2, 0) is 4.74 Å². The van der Waals surface area contributed by atoms with E-state index in [9.17, 15) is 0 Å². The molecule has 0 spiro atoms. The molecule has 4 aromatic rings. The molecule has 0 radical (unpaired) electrons. The number of aryl methyl sites for hydroxylation is 3. The summed E-state index contributed by atoms with van der Waals surface area (Å²) in [6.45, 7) is 9.38. The summed E-state index contributed by atoms with van der Waals surface area (Å²) >= 11 is 1.61. The molecule has 10 heteroatoms. The van der Waals surface area contributed by atoms with Gasteiger partial charge in [-0.25, -0.2) is 19.9 Å². The van der Waals surface area contributed by atoms with Crippen LogP contribution in [0.2, 0.25) is 0 Å². The SMILES string of the molecule is Cc1ncc(-c2nc(N3C[C@@H](c4cnn(C5CC5)c4)O[C@@H](C)C3)nc3nc(C)c(C)nc23)s1.